The molecule has 0 saturated carbocycles. The smallest absolute Gasteiger partial charge is 0.138 e. The van der Waals surface area contributed by atoms with E-state index in [4.69, 9.17) is 5.73 Å². The highest BCUT2D eigenvalue weighted by Gasteiger charge is 2.11. The molecule has 3 N–H and O–H groups in total. The maximum absolute atomic E-state index is 9.72. The number of para-hydroxylation sites is 1. The number of aliphatic hydroxyl groups is 1. The standard InChI is InChI=1S/C10H12N4O/c11-5-10(15)8-3-1-2-4-9(8)14-7-12-6-13-14/h1-4,6-7,10,15H,5,11H2. The zero-order chi connectivity index (χ0) is 10.7. The first kappa shape index (κ1) is 9.82. The van der Waals surface area contributed by atoms with Crippen LogP contribution in [0.1, 0.15) is 11.7 Å². The summed E-state index contributed by atoms with van der Waals surface area (Å²) in [7, 11) is 0. The van der Waals surface area contributed by atoms with Gasteiger partial charge in [-0.05, 0) is 6.07 Å². The fourth-order valence-corrected chi connectivity index (χ4v) is 1.44. The van der Waals surface area contributed by atoms with Gasteiger partial charge in [0.05, 0.1) is 11.8 Å². The van der Waals surface area contributed by atoms with Crippen LogP contribution in [0, 0.1) is 0 Å². The van der Waals surface area contributed by atoms with Crippen LogP contribution >= 0.6 is 0 Å². The molecule has 15 heavy (non-hydrogen) atoms. The fourth-order valence-electron chi connectivity index (χ4n) is 1.44. The molecule has 1 unspecified atom stereocenters. The third-order valence-electron chi connectivity index (χ3n) is 2.18. The highest BCUT2D eigenvalue weighted by molar-refractivity contribution is 5.41. The lowest BCUT2D eigenvalue weighted by Crippen LogP contribution is -2.14. The number of hydrogen-bond donors (Lipinski definition) is 2. The lowest BCUT2D eigenvalue weighted by Gasteiger charge is -2.12. The molecular weight excluding hydrogens is 192 g/mol. The van der Waals surface area contributed by atoms with Crippen LogP contribution in [0.15, 0.2) is 36.9 Å². The molecular formula is C10H12N4O. The summed E-state index contributed by atoms with van der Waals surface area (Å²) in [5.74, 6) is 0. The Labute approximate surface area is 87.2 Å². The van der Waals surface area contributed by atoms with Gasteiger partial charge in [-0.15, -0.1) is 0 Å². The quantitative estimate of drug-likeness (QED) is 0.751. The van der Waals surface area contributed by atoms with Crippen LogP contribution in [0.25, 0.3) is 5.69 Å². The minimum absolute atomic E-state index is 0.186. The average molecular weight is 204 g/mol. The number of rotatable bonds is 3. The van der Waals surface area contributed by atoms with Crippen molar-refractivity contribution in [2.24, 2.45) is 5.73 Å². The molecule has 1 aromatic carbocycles. The molecule has 0 aliphatic heterocycles. The molecule has 1 aromatic heterocycles. The maximum Gasteiger partial charge on any atom is 0.138 e. The number of hydrogen-bond acceptors (Lipinski definition) is 4. The Morgan fingerprint density at radius 3 is 2.87 bits per heavy atom. The Hall–Kier alpha value is -1.72. The topological polar surface area (TPSA) is 77.0 Å². The van der Waals surface area contributed by atoms with Crippen molar-refractivity contribution in [3.8, 4) is 5.69 Å². The summed E-state index contributed by atoms with van der Waals surface area (Å²) in [4.78, 5) is 3.86. The van der Waals surface area contributed by atoms with E-state index in [-0.39, 0.29) is 6.54 Å². The first-order valence-corrected chi connectivity index (χ1v) is 4.65. The summed E-state index contributed by atoms with van der Waals surface area (Å²) in [6, 6.07) is 7.43. The van der Waals surface area contributed by atoms with Gasteiger partial charge in [0.15, 0.2) is 0 Å². The molecule has 0 bridgehead atoms. The highest BCUT2D eigenvalue weighted by atomic mass is 16.3. The van der Waals surface area contributed by atoms with E-state index < -0.39 is 6.10 Å². The van der Waals surface area contributed by atoms with Gasteiger partial charge in [0, 0.05) is 12.1 Å². The second kappa shape index (κ2) is 4.20. The molecule has 0 spiro atoms. The molecule has 0 fully saturated rings. The molecule has 0 radical (unpaired) electrons. The third kappa shape index (κ3) is 1.88. The van der Waals surface area contributed by atoms with Gasteiger partial charge in [-0.3, -0.25) is 0 Å². The van der Waals surface area contributed by atoms with Gasteiger partial charge >= 0.3 is 0 Å². The number of nitrogens with zero attached hydrogens (tertiary/aromatic N) is 3. The minimum atomic E-state index is -0.676. The van der Waals surface area contributed by atoms with Gasteiger partial charge in [-0.1, -0.05) is 18.2 Å². The van der Waals surface area contributed by atoms with E-state index in [0.29, 0.717) is 0 Å². The zero-order valence-electron chi connectivity index (χ0n) is 8.11. The molecule has 2 aromatic rings. The van der Waals surface area contributed by atoms with Gasteiger partial charge in [0.25, 0.3) is 0 Å². The van der Waals surface area contributed by atoms with Crippen molar-refractivity contribution in [2.45, 2.75) is 6.10 Å². The summed E-state index contributed by atoms with van der Waals surface area (Å²) in [6.07, 6.45) is 2.36. The van der Waals surface area contributed by atoms with E-state index in [9.17, 15) is 5.11 Å². The molecule has 0 aliphatic carbocycles. The predicted molar refractivity (Wildman–Crippen MR) is 55.4 cm³/mol. The molecule has 5 nitrogen and oxygen atoms in total. The van der Waals surface area contributed by atoms with E-state index in [1.54, 1.807) is 11.0 Å². The second-order valence-corrected chi connectivity index (χ2v) is 3.15. The van der Waals surface area contributed by atoms with Crippen molar-refractivity contribution in [1.82, 2.24) is 14.8 Å². The fraction of sp³-hybridized carbons (Fsp3) is 0.200. The lowest BCUT2D eigenvalue weighted by atomic mass is 10.1. The summed E-state index contributed by atoms with van der Waals surface area (Å²) in [5.41, 5.74) is 6.99. The highest BCUT2D eigenvalue weighted by Crippen LogP contribution is 2.19. The van der Waals surface area contributed by atoms with Gasteiger partial charge in [0.1, 0.15) is 12.7 Å². The second-order valence-electron chi connectivity index (χ2n) is 3.15. The predicted octanol–water partition coefficient (Wildman–Crippen LogP) is 0.259. The van der Waals surface area contributed by atoms with Crippen molar-refractivity contribution >= 4 is 0 Å². The van der Waals surface area contributed by atoms with E-state index in [0.717, 1.165) is 11.3 Å². The van der Waals surface area contributed by atoms with E-state index in [1.165, 1.54) is 6.33 Å². The molecule has 78 valence electrons. The summed E-state index contributed by atoms with van der Waals surface area (Å²) in [5, 5.41) is 13.7. The molecule has 2 rings (SSSR count). The van der Waals surface area contributed by atoms with Crippen molar-refractivity contribution in [3.63, 3.8) is 0 Å². The van der Waals surface area contributed by atoms with Crippen LogP contribution in [0.2, 0.25) is 0 Å². The zero-order valence-corrected chi connectivity index (χ0v) is 8.11. The van der Waals surface area contributed by atoms with Crippen LogP contribution in [0.5, 0.6) is 0 Å². The van der Waals surface area contributed by atoms with E-state index >= 15 is 0 Å². The monoisotopic (exact) mass is 204 g/mol. The Kier molecular flexibility index (Phi) is 2.75. The van der Waals surface area contributed by atoms with Crippen LogP contribution in [0.3, 0.4) is 0 Å². The van der Waals surface area contributed by atoms with Crippen LogP contribution < -0.4 is 5.73 Å². The minimum Gasteiger partial charge on any atom is -0.387 e. The van der Waals surface area contributed by atoms with Gasteiger partial charge in [-0.25, -0.2) is 9.67 Å². The lowest BCUT2D eigenvalue weighted by molar-refractivity contribution is 0.186. The summed E-state index contributed by atoms with van der Waals surface area (Å²) >= 11 is 0. The average Bonchev–Trinajstić information content (AvgIpc) is 2.81. The van der Waals surface area contributed by atoms with Crippen molar-refractivity contribution in [2.75, 3.05) is 6.54 Å². The summed E-state index contributed by atoms with van der Waals surface area (Å²) < 4.78 is 1.61. The number of aromatic nitrogens is 3. The molecule has 5 heteroatoms. The van der Waals surface area contributed by atoms with Crippen LogP contribution in [-0.2, 0) is 0 Å². The van der Waals surface area contributed by atoms with E-state index in [2.05, 4.69) is 10.1 Å². The number of nitrogens with two attached hydrogens (primary N) is 1. The Bertz CT molecular complexity index is 427. The summed E-state index contributed by atoms with van der Waals surface area (Å²) in [6.45, 7) is 0.186. The van der Waals surface area contributed by atoms with Crippen molar-refractivity contribution < 1.29 is 5.11 Å². The first-order chi connectivity index (χ1) is 7.33. The maximum atomic E-state index is 9.72. The van der Waals surface area contributed by atoms with Gasteiger partial charge in [-0.2, -0.15) is 5.10 Å². The SMILES string of the molecule is NCC(O)c1ccccc1-n1cncn1. The van der Waals surface area contributed by atoms with Gasteiger partial charge < -0.3 is 10.8 Å². The van der Waals surface area contributed by atoms with Crippen molar-refractivity contribution in [1.29, 1.82) is 0 Å². The largest absolute Gasteiger partial charge is 0.387 e. The third-order valence-corrected chi connectivity index (χ3v) is 2.18. The van der Waals surface area contributed by atoms with E-state index in [1.807, 2.05) is 24.3 Å². The number of benzene rings is 1. The molecule has 1 atom stereocenters. The molecule has 1 heterocycles. The van der Waals surface area contributed by atoms with Crippen molar-refractivity contribution in [3.05, 3.63) is 42.5 Å². The normalized spacial score (nSPS) is 12.7. The van der Waals surface area contributed by atoms with Crippen LogP contribution in [0.4, 0.5) is 0 Å². The number of aliphatic hydroxyl groups excluding tert-OH is 1. The Balaban J connectivity index is 2.47. The molecule has 0 saturated heterocycles. The van der Waals surface area contributed by atoms with Crippen LogP contribution in [-0.4, -0.2) is 26.4 Å². The molecule has 0 amide bonds. The van der Waals surface area contributed by atoms with Gasteiger partial charge in [0.2, 0.25) is 0 Å². The molecule has 0 aliphatic rings. The Morgan fingerprint density at radius 1 is 1.40 bits per heavy atom. The first-order valence-electron chi connectivity index (χ1n) is 4.65. The Morgan fingerprint density at radius 2 is 2.20 bits per heavy atom.